The Morgan fingerprint density at radius 1 is 1.00 bits per heavy atom. The van der Waals surface area contributed by atoms with E-state index in [0.717, 1.165) is 22.4 Å². The minimum atomic E-state index is -0.525. The number of aromatic nitrogens is 3. The maximum atomic E-state index is 13.7. The number of hydrogen-bond acceptors (Lipinski definition) is 5. The van der Waals surface area contributed by atoms with E-state index in [0.29, 0.717) is 35.4 Å². The number of rotatable bonds is 6. The predicted octanol–water partition coefficient (Wildman–Crippen LogP) is 5.58. The molecule has 1 aromatic heterocycles. The molecule has 5 rings (SSSR count). The highest BCUT2D eigenvalue weighted by Gasteiger charge is 2.36. The van der Waals surface area contributed by atoms with Crippen LogP contribution in [0.4, 0.5) is 11.6 Å². The van der Waals surface area contributed by atoms with Crippen molar-refractivity contribution in [3.8, 4) is 17.1 Å². The molecule has 2 heterocycles. The summed E-state index contributed by atoms with van der Waals surface area (Å²) in [6.07, 6.45) is 0. The van der Waals surface area contributed by atoms with Gasteiger partial charge in [0.25, 0.3) is 5.91 Å². The van der Waals surface area contributed by atoms with E-state index in [9.17, 15) is 4.79 Å². The fraction of sp³-hybridized carbons (Fsp3) is 0.179. The summed E-state index contributed by atoms with van der Waals surface area (Å²) in [7, 11) is 0. The minimum absolute atomic E-state index is 0.212. The SMILES string of the molecule is CCOc1ccccc1C1C(C(=O)Nc2ccccc2)=C(C)Nc2nc(-c3ccccc3C)nn21. The van der Waals surface area contributed by atoms with Crippen LogP contribution in [0.2, 0.25) is 0 Å². The van der Waals surface area contributed by atoms with Crippen LogP contribution in [0.25, 0.3) is 11.4 Å². The highest BCUT2D eigenvalue weighted by atomic mass is 16.5. The maximum absolute atomic E-state index is 13.7. The molecule has 0 radical (unpaired) electrons. The van der Waals surface area contributed by atoms with E-state index in [1.165, 1.54) is 0 Å². The van der Waals surface area contributed by atoms with E-state index in [1.54, 1.807) is 4.68 Å². The Balaban J connectivity index is 1.65. The van der Waals surface area contributed by atoms with Gasteiger partial charge in [0.15, 0.2) is 5.82 Å². The van der Waals surface area contributed by atoms with Crippen molar-refractivity contribution in [2.75, 3.05) is 17.2 Å². The van der Waals surface area contributed by atoms with Gasteiger partial charge in [-0.2, -0.15) is 4.98 Å². The summed E-state index contributed by atoms with van der Waals surface area (Å²) in [4.78, 5) is 18.5. The van der Waals surface area contributed by atoms with Crippen molar-refractivity contribution in [3.63, 3.8) is 0 Å². The second-order valence-corrected chi connectivity index (χ2v) is 8.38. The van der Waals surface area contributed by atoms with Crippen LogP contribution in [0.3, 0.4) is 0 Å². The van der Waals surface area contributed by atoms with E-state index in [4.69, 9.17) is 14.8 Å². The number of hydrogen-bond donors (Lipinski definition) is 2. The minimum Gasteiger partial charge on any atom is -0.494 e. The molecule has 176 valence electrons. The van der Waals surface area contributed by atoms with Gasteiger partial charge in [-0.1, -0.05) is 60.7 Å². The number of benzene rings is 3. The highest BCUT2D eigenvalue weighted by molar-refractivity contribution is 6.06. The topological polar surface area (TPSA) is 81.1 Å². The molecular formula is C28H27N5O2. The molecule has 35 heavy (non-hydrogen) atoms. The molecule has 0 fully saturated rings. The van der Waals surface area contributed by atoms with Crippen molar-refractivity contribution in [1.29, 1.82) is 0 Å². The molecule has 1 aliphatic rings. The molecule has 1 aliphatic heterocycles. The molecule has 1 unspecified atom stereocenters. The summed E-state index contributed by atoms with van der Waals surface area (Å²) in [5.74, 6) is 1.67. The van der Waals surface area contributed by atoms with Gasteiger partial charge in [0.05, 0.1) is 12.2 Å². The summed E-state index contributed by atoms with van der Waals surface area (Å²) in [6.45, 7) is 6.38. The Labute approximate surface area is 204 Å². The molecule has 0 saturated carbocycles. The summed E-state index contributed by atoms with van der Waals surface area (Å²) >= 11 is 0. The molecule has 1 amide bonds. The molecule has 3 aromatic carbocycles. The van der Waals surface area contributed by atoms with Gasteiger partial charge in [-0.3, -0.25) is 4.79 Å². The van der Waals surface area contributed by atoms with E-state index < -0.39 is 6.04 Å². The van der Waals surface area contributed by atoms with Gasteiger partial charge >= 0.3 is 0 Å². The first-order chi connectivity index (χ1) is 17.1. The number of nitrogens with zero attached hydrogens (tertiary/aromatic N) is 3. The van der Waals surface area contributed by atoms with Gasteiger partial charge in [0, 0.05) is 22.5 Å². The van der Waals surface area contributed by atoms with Crippen LogP contribution in [0, 0.1) is 6.92 Å². The van der Waals surface area contributed by atoms with Crippen molar-refractivity contribution < 1.29 is 9.53 Å². The predicted molar refractivity (Wildman–Crippen MR) is 137 cm³/mol. The normalized spacial score (nSPS) is 14.8. The lowest BCUT2D eigenvalue weighted by Gasteiger charge is -2.29. The fourth-order valence-electron chi connectivity index (χ4n) is 4.38. The van der Waals surface area contributed by atoms with Gasteiger partial charge in [0.2, 0.25) is 5.95 Å². The van der Waals surface area contributed by atoms with E-state index in [2.05, 4.69) is 10.6 Å². The van der Waals surface area contributed by atoms with Crippen LogP contribution in [-0.4, -0.2) is 27.3 Å². The first-order valence-corrected chi connectivity index (χ1v) is 11.6. The third kappa shape index (κ3) is 4.28. The summed E-state index contributed by atoms with van der Waals surface area (Å²) in [5, 5.41) is 11.2. The van der Waals surface area contributed by atoms with E-state index in [-0.39, 0.29) is 5.91 Å². The number of nitrogens with one attached hydrogen (secondary N) is 2. The monoisotopic (exact) mass is 465 g/mol. The van der Waals surface area contributed by atoms with Crippen LogP contribution < -0.4 is 15.4 Å². The first-order valence-electron chi connectivity index (χ1n) is 11.6. The number of ether oxygens (including phenoxy) is 1. The second kappa shape index (κ2) is 9.46. The average Bonchev–Trinajstić information content (AvgIpc) is 3.28. The molecule has 7 nitrogen and oxygen atoms in total. The zero-order valence-corrected chi connectivity index (χ0v) is 19.9. The number of fused-ring (bicyclic) bond motifs is 1. The zero-order valence-electron chi connectivity index (χ0n) is 19.9. The van der Waals surface area contributed by atoms with Gasteiger partial charge in [-0.05, 0) is 44.5 Å². The van der Waals surface area contributed by atoms with Crippen LogP contribution in [0.5, 0.6) is 5.75 Å². The lowest BCUT2D eigenvalue weighted by atomic mass is 9.94. The lowest BCUT2D eigenvalue weighted by molar-refractivity contribution is -0.113. The Morgan fingerprint density at radius 3 is 2.49 bits per heavy atom. The fourth-order valence-corrected chi connectivity index (χ4v) is 4.38. The maximum Gasteiger partial charge on any atom is 0.255 e. The molecule has 0 aliphatic carbocycles. The summed E-state index contributed by atoms with van der Waals surface area (Å²) in [5.41, 5.74) is 4.85. The van der Waals surface area contributed by atoms with Crippen LogP contribution >= 0.6 is 0 Å². The lowest BCUT2D eigenvalue weighted by Crippen LogP contribution is -2.31. The summed E-state index contributed by atoms with van der Waals surface area (Å²) in [6, 6.07) is 24.7. The van der Waals surface area contributed by atoms with Crippen molar-refractivity contribution in [3.05, 3.63) is 101 Å². The third-order valence-corrected chi connectivity index (χ3v) is 6.03. The molecule has 1 atom stereocenters. The number of amides is 1. The van der Waals surface area contributed by atoms with Crippen molar-refractivity contribution in [2.24, 2.45) is 0 Å². The molecule has 4 aromatic rings. The van der Waals surface area contributed by atoms with E-state index in [1.807, 2.05) is 99.6 Å². The highest BCUT2D eigenvalue weighted by Crippen LogP contribution is 2.40. The second-order valence-electron chi connectivity index (χ2n) is 8.38. The number of anilines is 2. The van der Waals surface area contributed by atoms with Crippen LogP contribution in [0.15, 0.2) is 90.1 Å². The molecular weight excluding hydrogens is 438 g/mol. The molecule has 2 N–H and O–H groups in total. The van der Waals surface area contributed by atoms with E-state index >= 15 is 0 Å². The molecule has 7 heteroatoms. The average molecular weight is 466 g/mol. The van der Waals surface area contributed by atoms with Crippen LogP contribution in [-0.2, 0) is 4.79 Å². The Morgan fingerprint density at radius 2 is 1.71 bits per heavy atom. The zero-order chi connectivity index (χ0) is 24.4. The van der Waals surface area contributed by atoms with Gasteiger partial charge in [0.1, 0.15) is 11.8 Å². The first kappa shape index (κ1) is 22.4. The van der Waals surface area contributed by atoms with Gasteiger partial charge < -0.3 is 15.4 Å². The Bertz CT molecular complexity index is 1410. The van der Waals surface area contributed by atoms with Crippen LogP contribution in [0.1, 0.15) is 31.0 Å². The number of para-hydroxylation sites is 2. The van der Waals surface area contributed by atoms with Crippen molar-refractivity contribution in [2.45, 2.75) is 26.8 Å². The van der Waals surface area contributed by atoms with Crippen molar-refractivity contribution in [1.82, 2.24) is 14.8 Å². The quantitative estimate of drug-likeness (QED) is 0.389. The molecule has 0 saturated heterocycles. The molecule has 0 spiro atoms. The molecule has 0 bridgehead atoms. The van der Waals surface area contributed by atoms with Gasteiger partial charge in [-0.25, -0.2) is 4.68 Å². The van der Waals surface area contributed by atoms with Gasteiger partial charge in [-0.15, -0.1) is 5.10 Å². The summed E-state index contributed by atoms with van der Waals surface area (Å²) < 4.78 is 7.75. The third-order valence-electron chi connectivity index (χ3n) is 6.03. The standard InChI is InChI=1S/C28H27N5O2/c1-4-35-23-17-11-10-16-22(23)25-24(27(34)30-20-13-6-5-7-14-20)19(3)29-28-31-26(32-33(25)28)21-15-9-8-12-18(21)2/h5-17,25H,4H2,1-3H3,(H,30,34)(H,29,31,32). The van der Waals surface area contributed by atoms with Crippen molar-refractivity contribution >= 4 is 17.5 Å². The Hall–Kier alpha value is -4.39. The number of allylic oxidation sites excluding steroid dienone is 1. The number of carbonyl (C=O) groups is 1. The number of aryl methyl sites for hydroxylation is 1. The number of carbonyl (C=O) groups excluding carboxylic acids is 1. The smallest absolute Gasteiger partial charge is 0.255 e. The largest absolute Gasteiger partial charge is 0.494 e. The Kier molecular flexibility index (Phi) is 6.06.